The quantitative estimate of drug-likeness (QED) is 0.802. The number of nitrogen functional groups attached to an aromatic ring is 1. The minimum Gasteiger partial charge on any atom is -0.333 e. The molecule has 0 radical (unpaired) electrons. The van der Waals surface area contributed by atoms with Crippen LogP contribution in [0.5, 0.6) is 0 Å². The number of carbonyl (C=O) groups is 1. The maximum Gasteiger partial charge on any atom is 0.373 e. The lowest BCUT2D eigenvalue weighted by atomic mass is 10.1. The SMILES string of the molecule is CCc1nn(C(=O)NC(C)Cc2ccccc2)c(=O)n1N. The van der Waals surface area contributed by atoms with Gasteiger partial charge in [0, 0.05) is 12.5 Å². The third kappa shape index (κ3) is 3.31. The predicted molar refractivity (Wildman–Crippen MR) is 79.6 cm³/mol. The molecule has 2 rings (SSSR count). The van der Waals surface area contributed by atoms with E-state index in [1.165, 1.54) is 0 Å². The fourth-order valence-corrected chi connectivity index (χ4v) is 2.08. The number of aromatic nitrogens is 3. The van der Waals surface area contributed by atoms with Gasteiger partial charge in [-0.2, -0.15) is 4.68 Å². The first-order valence-electron chi connectivity index (χ1n) is 6.83. The van der Waals surface area contributed by atoms with E-state index in [1.807, 2.05) is 44.2 Å². The van der Waals surface area contributed by atoms with Crippen LogP contribution in [0, 0.1) is 0 Å². The zero-order chi connectivity index (χ0) is 15.4. The molecule has 2 aromatic rings. The number of carbonyl (C=O) groups excluding carboxylic acids is 1. The average molecular weight is 289 g/mol. The molecule has 112 valence electrons. The van der Waals surface area contributed by atoms with Crippen molar-refractivity contribution in [2.45, 2.75) is 32.7 Å². The molecule has 7 heteroatoms. The summed E-state index contributed by atoms with van der Waals surface area (Å²) in [5.74, 6) is 5.91. The first-order valence-corrected chi connectivity index (χ1v) is 6.83. The first kappa shape index (κ1) is 14.8. The van der Waals surface area contributed by atoms with Gasteiger partial charge in [-0.1, -0.05) is 37.3 Å². The highest BCUT2D eigenvalue weighted by molar-refractivity contribution is 5.75. The molecule has 21 heavy (non-hydrogen) atoms. The van der Waals surface area contributed by atoms with Crippen molar-refractivity contribution >= 4 is 6.03 Å². The molecule has 1 aromatic heterocycles. The maximum absolute atomic E-state index is 12.1. The van der Waals surface area contributed by atoms with E-state index in [0.717, 1.165) is 14.9 Å². The van der Waals surface area contributed by atoms with Gasteiger partial charge in [0.05, 0.1) is 0 Å². The van der Waals surface area contributed by atoms with E-state index in [-0.39, 0.29) is 6.04 Å². The van der Waals surface area contributed by atoms with Crippen LogP contribution in [0.25, 0.3) is 0 Å². The molecule has 0 spiro atoms. The number of nitrogens with one attached hydrogen (secondary N) is 1. The molecule has 0 saturated heterocycles. The normalized spacial score (nSPS) is 12.1. The Balaban J connectivity index is 2.06. The van der Waals surface area contributed by atoms with E-state index >= 15 is 0 Å². The van der Waals surface area contributed by atoms with Crippen LogP contribution in [0.15, 0.2) is 35.1 Å². The van der Waals surface area contributed by atoms with Crippen LogP contribution in [0.1, 0.15) is 25.2 Å². The van der Waals surface area contributed by atoms with E-state index in [4.69, 9.17) is 5.84 Å². The summed E-state index contributed by atoms with van der Waals surface area (Å²) in [4.78, 5) is 23.9. The van der Waals surface area contributed by atoms with E-state index in [0.29, 0.717) is 18.7 Å². The summed E-state index contributed by atoms with van der Waals surface area (Å²) in [7, 11) is 0. The van der Waals surface area contributed by atoms with Crippen LogP contribution >= 0.6 is 0 Å². The lowest BCUT2D eigenvalue weighted by Gasteiger charge is -2.13. The average Bonchev–Trinajstić information content (AvgIpc) is 2.76. The lowest BCUT2D eigenvalue weighted by Crippen LogP contribution is -2.43. The third-order valence-corrected chi connectivity index (χ3v) is 3.14. The largest absolute Gasteiger partial charge is 0.373 e. The zero-order valence-electron chi connectivity index (χ0n) is 12.1. The molecule has 1 amide bonds. The number of aryl methyl sites for hydroxylation is 1. The number of amides is 1. The molecule has 0 saturated carbocycles. The molecule has 1 atom stereocenters. The van der Waals surface area contributed by atoms with Gasteiger partial charge in [-0.15, -0.1) is 9.78 Å². The van der Waals surface area contributed by atoms with E-state index in [2.05, 4.69) is 10.4 Å². The Morgan fingerprint density at radius 1 is 1.38 bits per heavy atom. The molecule has 0 aliphatic rings. The number of hydrogen-bond acceptors (Lipinski definition) is 4. The van der Waals surface area contributed by atoms with Crippen molar-refractivity contribution in [3.05, 3.63) is 52.2 Å². The zero-order valence-corrected chi connectivity index (χ0v) is 12.1. The van der Waals surface area contributed by atoms with Gasteiger partial charge in [0.1, 0.15) is 0 Å². The van der Waals surface area contributed by atoms with Gasteiger partial charge in [0.25, 0.3) is 0 Å². The third-order valence-electron chi connectivity index (χ3n) is 3.14. The molecular weight excluding hydrogens is 270 g/mol. The molecule has 0 aliphatic heterocycles. The van der Waals surface area contributed by atoms with Gasteiger partial charge >= 0.3 is 11.7 Å². The van der Waals surface area contributed by atoms with Crippen molar-refractivity contribution in [1.29, 1.82) is 0 Å². The van der Waals surface area contributed by atoms with Crippen LogP contribution in [0.3, 0.4) is 0 Å². The fourth-order valence-electron chi connectivity index (χ4n) is 2.08. The van der Waals surface area contributed by atoms with Crippen LogP contribution in [0.2, 0.25) is 0 Å². The highest BCUT2D eigenvalue weighted by Crippen LogP contribution is 2.02. The van der Waals surface area contributed by atoms with E-state index < -0.39 is 11.7 Å². The second-order valence-electron chi connectivity index (χ2n) is 4.87. The Hall–Kier alpha value is -2.57. The smallest absolute Gasteiger partial charge is 0.333 e. The predicted octanol–water partition coefficient (Wildman–Crippen LogP) is 0.510. The van der Waals surface area contributed by atoms with Gasteiger partial charge in [0.15, 0.2) is 5.82 Å². The van der Waals surface area contributed by atoms with Gasteiger partial charge in [-0.3, -0.25) is 0 Å². The summed E-state index contributed by atoms with van der Waals surface area (Å²) in [6.45, 7) is 3.68. The standard InChI is InChI=1S/C14H19N5O2/c1-3-12-17-19(14(21)18(12)15)13(20)16-10(2)9-11-7-5-4-6-8-11/h4-8,10H,3,9,15H2,1-2H3,(H,16,20). The summed E-state index contributed by atoms with van der Waals surface area (Å²) in [6, 6.07) is 9.10. The molecular formula is C14H19N5O2. The van der Waals surface area contributed by atoms with Crippen molar-refractivity contribution in [2.75, 3.05) is 5.84 Å². The molecule has 0 aliphatic carbocycles. The Bertz CT molecular complexity index is 674. The fraction of sp³-hybridized carbons (Fsp3) is 0.357. The Morgan fingerprint density at radius 3 is 2.62 bits per heavy atom. The molecule has 3 N–H and O–H groups in total. The minimum atomic E-state index is -0.642. The first-order chi connectivity index (χ1) is 10.0. The number of rotatable bonds is 4. The summed E-state index contributed by atoms with van der Waals surface area (Å²) in [5, 5.41) is 6.66. The van der Waals surface area contributed by atoms with Gasteiger partial charge < -0.3 is 11.2 Å². The summed E-state index contributed by atoms with van der Waals surface area (Å²) in [5.41, 5.74) is 0.465. The highest BCUT2D eigenvalue weighted by atomic mass is 16.2. The van der Waals surface area contributed by atoms with Crippen molar-refractivity contribution < 1.29 is 4.79 Å². The summed E-state index contributed by atoms with van der Waals surface area (Å²) < 4.78 is 1.65. The number of nitrogens with two attached hydrogens (primary N) is 1. The van der Waals surface area contributed by atoms with Crippen LogP contribution < -0.4 is 16.8 Å². The topological polar surface area (TPSA) is 94.9 Å². The Kier molecular flexibility index (Phi) is 4.42. The lowest BCUT2D eigenvalue weighted by molar-refractivity contribution is 0.235. The van der Waals surface area contributed by atoms with Crippen molar-refractivity contribution in [2.24, 2.45) is 0 Å². The molecule has 7 nitrogen and oxygen atoms in total. The molecule has 0 bridgehead atoms. The van der Waals surface area contributed by atoms with Crippen molar-refractivity contribution in [1.82, 2.24) is 19.8 Å². The Labute approximate surface area is 122 Å². The van der Waals surface area contributed by atoms with E-state index in [1.54, 1.807) is 0 Å². The molecule has 1 heterocycles. The van der Waals surface area contributed by atoms with Crippen molar-refractivity contribution in [3.63, 3.8) is 0 Å². The van der Waals surface area contributed by atoms with Gasteiger partial charge in [-0.05, 0) is 18.9 Å². The van der Waals surface area contributed by atoms with Crippen molar-refractivity contribution in [3.8, 4) is 0 Å². The molecule has 1 aromatic carbocycles. The second kappa shape index (κ2) is 6.25. The second-order valence-corrected chi connectivity index (χ2v) is 4.87. The number of benzene rings is 1. The molecule has 0 fully saturated rings. The highest BCUT2D eigenvalue weighted by Gasteiger charge is 2.17. The number of hydrogen-bond donors (Lipinski definition) is 2. The van der Waals surface area contributed by atoms with Crippen LogP contribution in [0.4, 0.5) is 4.79 Å². The van der Waals surface area contributed by atoms with E-state index in [9.17, 15) is 9.59 Å². The van der Waals surface area contributed by atoms with Gasteiger partial charge in [-0.25, -0.2) is 9.59 Å². The number of nitrogens with zero attached hydrogens (tertiary/aromatic N) is 3. The summed E-state index contributed by atoms with van der Waals surface area (Å²) in [6.07, 6.45) is 1.15. The van der Waals surface area contributed by atoms with Gasteiger partial charge in [0.2, 0.25) is 0 Å². The van der Waals surface area contributed by atoms with Crippen LogP contribution in [-0.2, 0) is 12.8 Å². The summed E-state index contributed by atoms with van der Waals surface area (Å²) >= 11 is 0. The minimum absolute atomic E-state index is 0.125. The Morgan fingerprint density at radius 2 is 2.05 bits per heavy atom. The maximum atomic E-state index is 12.1. The molecule has 1 unspecified atom stereocenters. The van der Waals surface area contributed by atoms with Crippen LogP contribution in [-0.4, -0.2) is 26.5 Å². The monoisotopic (exact) mass is 289 g/mol.